The molecule has 0 radical (unpaired) electrons. The highest BCUT2D eigenvalue weighted by Gasteiger charge is 2.74. The van der Waals surface area contributed by atoms with Crippen LogP contribution in [-0.2, 0) is 19.1 Å². The molecule has 3 aliphatic rings. The summed E-state index contributed by atoms with van der Waals surface area (Å²) in [4.78, 5) is 36.8. The Labute approximate surface area is 177 Å². The summed E-state index contributed by atoms with van der Waals surface area (Å²) in [6.45, 7) is 6.02. The van der Waals surface area contributed by atoms with Gasteiger partial charge in [0.1, 0.15) is 11.4 Å². The largest absolute Gasteiger partial charge is 0.458 e. The zero-order valence-corrected chi connectivity index (χ0v) is 18.5. The van der Waals surface area contributed by atoms with Gasteiger partial charge in [0.25, 0.3) is 0 Å². The van der Waals surface area contributed by atoms with Crippen LogP contribution in [0.5, 0.6) is 0 Å². The molecule has 170 valence electrons. The number of ketones is 2. The van der Waals surface area contributed by atoms with Crippen molar-refractivity contribution in [3.63, 3.8) is 0 Å². The molecule has 0 aromatic heterocycles. The van der Waals surface area contributed by atoms with Gasteiger partial charge in [-0.3, -0.25) is 14.4 Å². The number of hydrogen-bond acceptors (Lipinski definition) is 6. The van der Waals surface area contributed by atoms with Gasteiger partial charge in [-0.05, 0) is 44.9 Å². The van der Waals surface area contributed by atoms with Gasteiger partial charge in [-0.15, -0.1) is 0 Å². The summed E-state index contributed by atoms with van der Waals surface area (Å²) >= 11 is 0. The number of carbonyl (C=O) groups is 3. The van der Waals surface area contributed by atoms with Crippen LogP contribution < -0.4 is 0 Å². The van der Waals surface area contributed by atoms with Crippen molar-refractivity contribution in [3.8, 4) is 0 Å². The molecule has 0 aromatic rings. The Balaban J connectivity index is 1.98. The molecule has 6 nitrogen and oxygen atoms in total. The van der Waals surface area contributed by atoms with Gasteiger partial charge in [0, 0.05) is 24.7 Å². The van der Waals surface area contributed by atoms with Crippen LogP contribution in [0.25, 0.3) is 0 Å². The number of unbranched alkanes of at least 4 members (excludes halogenated alkanes) is 1. The molecule has 0 aromatic carbocycles. The van der Waals surface area contributed by atoms with Gasteiger partial charge < -0.3 is 14.9 Å². The second kappa shape index (κ2) is 7.66. The van der Waals surface area contributed by atoms with Crippen LogP contribution in [0.4, 0.5) is 4.39 Å². The molecule has 7 heteroatoms. The predicted octanol–water partition coefficient (Wildman–Crippen LogP) is 2.91. The molecule has 0 saturated heterocycles. The maximum Gasteiger partial charge on any atom is 0.303 e. The second-order valence-electron chi connectivity index (χ2n) is 10.1. The van der Waals surface area contributed by atoms with Crippen LogP contribution in [0.2, 0.25) is 0 Å². The maximum atomic E-state index is 16.8. The molecule has 7 atom stereocenters. The van der Waals surface area contributed by atoms with Crippen molar-refractivity contribution in [1.82, 2.24) is 0 Å². The third-order valence-electron chi connectivity index (χ3n) is 8.75. The number of ether oxygens (including phenoxy) is 1. The summed E-state index contributed by atoms with van der Waals surface area (Å²) in [5.74, 6) is -2.32. The van der Waals surface area contributed by atoms with Crippen molar-refractivity contribution >= 4 is 17.5 Å². The van der Waals surface area contributed by atoms with Crippen LogP contribution in [-0.4, -0.2) is 51.7 Å². The van der Waals surface area contributed by atoms with Crippen molar-refractivity contribution in [3.05, 3.63) is 0 Å². The first-order valence-electron chi connectivity index (χ1n) is 11.2. The summed E-state index contributed by atoms with van der Waals surface area (Å²) in [5.41, 5.74) is -6.19. The summed E-state index contributed by atoms with van der Waals surface area (Å²) in [5, 5.41) is 22.5. The Kier molecular flexibility index (Phi) is 5.96. The lowest BCUT2D eigenvalue weighted by Crippen LogP contribution is -2.70. The van der Waals surface area contributed by atoms with Gasteiger partial charge in [-0.25, -0.2) is 4.39 Å². The van der Waals surface area contributed by atoms with E-state index >= 15 is 4.39 Å². The third kappa shape index (κ3) is 2.99. The van der Waals surface area contributed by atoms with Gasteiger partial charge in [-0.1, -0.05) is 26.7 Å². The van der Waals surface area contributed by atoms with Gasteiger partial charge in [0.05, 0.1) is 11.5 Å². The van der Waals surface area contributed by atoms with Crippen LogP contribution in [0.3, 0.4) is 0 Å². The van der Waals surface area contributed by atoms with E-state index in [9.17, 15) is 24.6 Å². The Hall–Kier alpha value is -1.34. The Morgan fingerprint density at radius 1 is 1.23 bits per heavy atom. The molecule has 0 amide bonds. The zero-order chi connectivity index (χ0) is 22.5. The molecule has 30 heavy (non-hydrogen) atoms. The topological polar surface area (TPSA) is 101 Å². The minimum absolute atomic E-state index is 0.109. The first kappa shape index (κ1) is 23.3. The van der Waals surface area contributed by atoms with E-state index in [2.05, 4.69) is 0 Å². The number of esters is 1. The van der Waals surface area contributed by atoms with Crippen LogP contribution in [0.15, 0.2) is 0 Å². The number of fused-ring (bicyclic) bond motifs is 3. The summed E-state index contributed by atoms with van der Waals surface area (Å²) < 4.78 is 21.7. The van der Waals surface area contributed by atoms with Crippen molar-refractivity contribution in [1.29, 1.82) is 0 Å². The van der Waals surface area contributed by atoms with E-state index in [-0.39, 0.29) is 31.0 Å². The van der Waals surface area contributed by atoms with E-state index in [1.165, 1.54) is 6.92 Å². The lowest BCUT2D eigenvalue weighted by Gasteiger charge is -2.61. The highest BCUT2D eigenvalue weighted by atomic mass is 19.1. The normalized spacial score (nSPS) is 45.6. The molecule has 0 bridgehead atoms. The Morgan fingerprint density at radius 3 is 2.50 bits per heavy atom. The smallest absolute Gasteiger partial charge is 0.303 e. The fourth-order valence-corrected chi connectivity index (χ4v) is 6.90. The lowest BCUT2D eigenvalue weighted by atomic mass is 9.45. The number of carbonyl (C=O) groups excluding carboxylic acids is 3. The standard InChI is InChI=1S/C23H35FO6/c1-5-6-10-20(3)17(26)8-7-16-15-9-11-22(29,19(28)13-30-14(2)25)21(15,4)12-18(27)23(16,20)24/h15-16,18,27,29H,5-13H2,1-4H3/t15-,16-,18-,20-,21-,22-,23?/m0/s1. The Bertz CT molecular complexity index is 739. The number of halogens is 1. The van der Waals surface area contributed by atoms with Gasteiger partial charge in [0.2, 0.25) is 5.78 Å². The zero-order valence-electron chi connectivity index (χ0n) is 18.5. The minimum atomic E-state index is -2.08. The van der Waals surface area contributed by atoms with E-state index in [0.717, 1.165) is 6.42 Å². The monoisotopic (exact) mass is 426 g/mol. The molecule has 1 unspecified atom stereocenters. The van der Waals surface area contributed by atoms with Crippen molar-refractivity contribution in [2.75, 3.05) is 6.61 Å². The predicted molar refractivity (Wildman–Crippen MR) is 107 cm³/mol. The molecule has 3 rings (SSSR count). The Morgan fingerprint density at radius 2 is 1.90 bits per heavy atom. The van der Waals surface area contributed by atoms with Crippen molar-refractivity contribution in [2.45, 2.75) is 96.4 Å². The number of rotatable bonds is 6. The third-order valence-corrected chi connectivity index (χ3v) is 8.75. The van der Waals surface area contributed by atoms with Crippen LogP contribution >= 0.6 is 0 Å². The quantitative estimate of drug-likeness (QED) is 0.634. The first-order valence-corrected chi connectivity index (χ1v) is 11.2. The molecule has 0 spiro atoms. The lowest BCUT2D eigenvalue weighted by molar-refractivity contribution is -0.232. The molecule has 3 fully saturated rings. The van der Waals surface area contributed by atoms with Crippen LogP contribution in [0.1, 0.15) is 79.1 Å². The van der Waals surface area contributed by atoms with Gasteiger partial charge >= 0.3 is 5.97 Å². The van der Waals surface area contributed by atoms with E-state index < -0.39 is 52.5 Å². The number of hydrogen-bond donors (Lipinski definition) is 2. The summed E-state index contributed by atoms with van der Waals surface area (Å²) in [6.07, 6.45) is 1.45. The highest BCUT2D eigenvalue weighted by molar-refractivity contribution is 5.91. The fourth-order valence-electron chi connectivity index (χ4n) is 6.90. The summed E-state index contributed by atoms with van der Waals surface area (Å²) in [7, 11) is 0. The molecule has 0 heterocycles. The number of alkyl halides is 1. The SMILES string of the molecule is CCCC[C@@]1(C)C(=O)CC[C@H]2[C@@H]3CC[C@](O)(C(=O)COC(C)=O)[C@@]3(C)C[C@H](O)C21F. The number of aliphatic hydroxyl groups is 2. The van der Waals surface area contributed by atoms with Crippen molar-refractivity contribution in [2.24, 2.45) is 22.7 Å². The van der Waals surface area contributed by atoms with Gasteiger partial charge in [0.15, 0.2) is 12.3 Å². The molecule has 3 saturated carbocycles. The fraction of sp³-hybridized carbons (Fsp3) is 0.870. The minimum Gasteiger partial charge on any atom is -0.458 e. The van der Waals surface area contributed by atoms with E-state index in [4.69, 9.17) is 4.74 Å². The molecule has 3 aliphatic carbocycles. The first-order chi connectivity index (χ1) is 13.9. The molecular formula is C23H35FO6. The number of Topliss-reactive ketones (excluding diaryl/α,β-unsaturated/α-hetero) is 2. The van der Waals surface area contributed by atoms with Crippen molar-refractivity contribution < 1.29 is 33.7 Å². The molecule has 2 N–H and O–H groups in total. The summed E-state index contributed by atoms with van der Waals surface area (Å²) in [6, 6.07) is 0. The average molecular weight is 427 g/mol. The van der Waals surface area contributed by atoms with E-state index in [1.54, 1.807) is 13.8 Å². The van der Waals surface area contributed by atoms with Gasteiger partial charge in [-0.2, -0.15) is 0 Å². The second-order valence-corrected chi connectivity index (χ2v) is 10.1. The van der Waals surface area contributed by atoms with E-state index in [1.807, 2.05) is 6.92 Å². The van der Waals surface area contributed by atoms with E-state index in [0.29, 0.717) is 25.7 Å². The molecule has 0 aliphatic heterocycles. The highest BCUT2D eigenvalue weighted by Crippen LogP contribution is 2.68. The average Bonchev–Trinajstić information content (AvgIpc) is 2.94. The number of aliphatic hydroxyl groups excluding tert-OH is 1. The molecular weight excluding hydrogens is 391 g/mol. The maximum absolute atomic E-state index is 16.8. The van der Waals surface area contributed by atoms with Crippen LogP contribution in [0, 0.1) is 22.7 Å².